The number of unbranched alkanes of at least 4 members (excludes halogenated alkanes) is 6. The van der Waals surface area contributed by atoms with Gasteiger partial charge in [-0.25, -0.2) is 0 Å². The number of aliphatic hydroxyl groups is 1. The quantitative estimate of drug-likeness (QED) is 0.316. The molecule has 0 aromatic rings. The molecule has 3 atom stereocenters. The molecule has 0 bridgehead atoms. The largest absolute Gasteiger partial charge is 0.481 e. The smallest absolute Gasteiger partial charge is 0.303 e. The van der Waals surface area contributed by atoms with E-state index in [9.17, 15) is 9.90 Å². The van der Waals surface area contributed by atoms with Crippen molar-refractivity contribution in [3.05, 3.63) is 12.2 Å². The van der Waals surface area contributed by atoms with Gasteiger partial charge in [0.15, 0.2) is 0 Å². The number of carboxylic acids is 1. The Bertz CT molecular complexity index is 338. The standard InChI is InChI=1S/C20H36O3/c1-2-3-10-14-19(21)18-16-17(18)13-11-8-6-4-5-7-9-12-15-20(22)23/h6,8,17-19,21H,2-5,7,9-16H2,1H3,(H,22,23). The Balaban J connectivity index is 1.88. The molecule has 0 radical (unpaired) electrons. The van der Waals surface area contributed by atoms with E-state index in [1.165, 1.54) is 32.1 Å². The van der Waals surface area contributed by atoms with Crippen molar-refractivity contribution in [1.29, 1.82) is 0 Å². The third-order valence-corrected chi connectivity index (χ3v) is 4.96. The highest BCUT2D eigenvalue weighted by atomic mass is 16.4. The zero-order chi connectivity index (χ0) is 16.9. The highest BCUT2D eigenvalue weighted by molar-refractivity contribution is 5.66. The van der Waals surface area contributed by atoms with Crippen LogP contribution in [0, 0.1) is 11.8 Å². The fraction of sp³-hybridized carbons (Fsp3) is 0.850. The molecule has 3 nitrogen and oxygen atoms in total. The maximum absolute atomic E-state index is 10.4. The van der Waals surface area contributed by atoms with Crippen LogP contribution in [0.5, 0.6) is 0 Å². The van der Waals surface area contributed by atoms with Gasteiger partial charge in [0.2, 0.25) is 0 Å². The Hall–Kier alpha value is -0.830. The third kappa shape index (κ3) is 10.5. The fourth-order valence-electron chi connectivity index (χ4n) is 3.33. The molecule has 0 aromatic carbocycles. The lowest BCUT2D eigenvalue weighted by atomic mass is 10.0. The number of rotatable bonds is 15. The summed E-state index contributed by atoms with van der Waals surface area (Å²) in [6.45, 7) is 2.20. The van der Waals surface area contributed by atoms with Gasteiger partial charge in [0.1, 0.15) is 0 Å². The maximum atomic E-state index is 10.4. The first-order valence-corrected chi connectivity index (χ1v) is 9.70. The van der Waals surface area contributed by atoms with Crippen LogP contribution in [-0.4, -0.2) is 22.3 Å². The van der Waals surface area contributed by atoms with Crippen LogP contribution in [0.25, 0.3) is 0 Å². The van der Waals surface area contributed by atoms with Crippen molar-refractivity contribution in [2.45, 2.75) is 96.5 Å². The van der Waals surface area contributed by atoms with Gasteiger partial charge < -0.3 is 10.2 Å². The number of allylic oxidation sites excluding steroid dienone is 2. The Morgan fingerprint density at radius 2 is 1.83 bits per heavy atom. The molecule has 2 N–H and O–H groups in total. The zero-order valence-electron chi connectivity index (χ0n) is 14.9. The summed E-state index contributed by atoms with van der Waals surface area (Å²) in [5.74, 6) is 0.653. The average molecular weight is 325 g/mol. The van der Waals surface area contributed by atoms with Gasteiger partial charge in [-0.05, 0) is 56.8 Å². The molecule has 134 valence electrons. The van der Waals surface area contributed by atoms with E-state index in [0.29, 0.717) is 12.3 Å². The SMILES string of the molecule is CCCCCC(O)C1CC1CCC=CCCCCCCC(=O)O. The Labute approximate surface area is 142 Å². The van der Waals surface area contributed by atoms with Crippen molar-refractivity contribution in [3.8, 4) is 0 Å². The van der Waals surface area contributed by atoms with Gasteiger partial charge in [-0.15, -0.1) is 0 Å². The van der Waals surface area contributed by atoms with Crippen LogP contribution in [0.15, 0.2) is 12.2 Å². The molecule has 1 aliphatic rings. The summed E-state index contributed by atoms with van der Waals surface area (Å²) < 4.78 is 0. The van der Waals surface area contributed by atoms with Gasteiger partial charge in [0, 0.05) is 6.42 Å². The summed E-state index contributed by atoms with van der Waals surface area (Å²) in [5.41, 5.74) is 0. The van der Waals surface area contributed by atoms with E-state index < -0.39 is 5.97 Å². The summed E-state index contributed by atoms with van der Waals surface area (Å²) in [6, 6.07) is 0. The molecular weight excluding hydrogens is 288 g/mol. The van der Waals surface area contributed by atoms with Crippen molar-refractivity contribution in [2.75, 3.05) is 0 Å². The number of carboxylic acid groups (broad SMARTS) is 1. The van der Waals surface area contributed by atoms with Gasteiger partial charge in [-0.2, -0.15) is 0 Å². The molecule has 1 saturated carbocycles. The number of aliphatic carboxylic acids is 1. The molecule has 0 heterocycles. The highest BCUT2D eigenvalue weighted by Crippen LogP contribution is 2.45. The monoisotopic (exact) mass is 324 g/mol. The zero-order valence-corrected chi connectivity index (χ0v) is 14.9. The second-order valence-corrected chi connectivity index (χ2v) is 7.12. The molecule has 0 amide bonds. The first-order chi connectivity index (χ1) is 11.1. The van der Waals surface area contributed by atoms with Crippen molar-refractivity contribution >= 4 is 5.97 Å². The highest BCUT2D eigenvalue weighted by Gasteiger charge is 2.40. The fourth-order valence-corrected chi connectivity index (χ4v) is 3.33. The number of hydrogen-bond donors (Lipinski definition) is 2. The lowest BCUT2D eigenvalue weighted by Crippen LogP contribution is -2.10. The van der Waals surface area contributed by atoms with Crippen LogP contribution in [0.2, 0.25) is 0 Å². The molecular formula is C20H36O3. The van der Waals surface area contributed by atoms with Crippen molar-refractivity contribution in [2.24, 2.45) is 11.8 Å². The molecule has 3 heteroatoms. The Morgan fingerprint density at radius 1 is 1.09 bits per heavy atom. The minimum Gasteiger partial charge on any atom is -0.481 e. The van der Waals surface area contributed by atoms with E-state index in [2.05, 4.69) is 19.1 Å². The summed E-state index contributed by atoms with van der Waals surface area (Å²) in [6.07, 6.45) is 18.3. The van der Waals surface area contributed by atoms with E-state index in [-0.39, 0.29) is 6.10 Å². The molecule has 1 aliphatic carbocycles. The van der Waals surface area contributed by atoms with Crippen LogP contribution in [0.3, 0.4) is 0 Å². The molecule has 0 aliphatic heterocycles. The summed E-state index contributed by atoms with van der Waals surface area (Å²) >= 11 is 0. The summed E-state index contributed by atoms with van der Waals surface area (Å²) in [5, 5.41) is 18.7. The molecule has 23 heavy (non-hydrogen) atoms. The lowest BCUT2D eigenvalue weighted by Gasteiger charge is -2.09. The lowest BCUT2D eigenvalue weighted by molar-refractivity contribution is -0.137. The van der Waals surface area contributed by atoms with Crippen molar-refractivity contribution < 1.29 is 15.0 Å². The number of hydrogen-bond acceptors (Lipinski definition) is 2. The first-order valence-electron chi connectivity index (χ1n) is 9.70. The first kappa shape index (κ1) is 20.2. The van der Waals surface area contributed by atoms with Crippen LogP contribution in [0.4, 0.5) is 0 Å². The average Bonchev–Trinajstić information content (AvgIpc) is 3.28. The predicted molar refractivity (Wildman–Crippen MR) is 95.5 cm³/mol. The number of carbonyl (C=O) groups is 1. The van der Waals surface area contributed by atoms with Gasteiger partial charge in [-0.3, -0.25) is 4.79 Å². The molecule has 0 spiro atoms. The van der Waals surface area contributed by atoms with Gasteiger partial charge in [0.05, 0.1) is 6.10 Å². The second kappa shape index (κ2) is 12.6. The van der Waals surface area contributed by atoms with Gasteiger partial charge in [0.25, 0.3) is 0 Å². The molecule has 3 unspecified atom stereocenters. The van der Waals surface area contributed by atoms with Crippen LogP contribution >= 0.6 is 0 Å². The van der Waals surface area contributed by atoms with E-state index >= 15 is 0 Å². The van der Waals surface area contributed by atoms with Crippen LogP contribution in [0.1, 0.15) is 90.4 Å². The minimum atomic E-state index is -0.682. The van der Waals surface area contributed by atoms with E-state index in [4.69, 9.17) is 5.11 Å². The normalized spacial score (nSPS) is 21.7. The summed E-state index contributed by atoms with van der Waals surface area (Å²) in [7, 11) is 0. The van der Waals surface area contributed by atoms with E-state index in [1.54, 1.807) is 0 Å². The minimum absolute atomic E-state index is 0.0543. The van der Waals surface area contributed by atoms with Gasteiger partial charge in [-0.1, -0.05) is 51.2 Å². The molecule has 0 aromatic heterocycles. The van der Waals surface area contributed by atoms with Crippen molar-refractivity contribution in [3.63, 3.8) is 0 Å². The second-order valence-electron chi connectivity index (χ2n) is 7.12. The molecule has 0 saturated heterocycles. The Kier molecular flexibility index (Phi) is 11.1. The summed E-state index contributed by atoms with van der Waals surface area (Å²) in [4.78, 5) is 10.4. The third-order valence-electron chi connectivity index (χ3n) is 4.96. The Morgan fingerprint density at radius 3 is 2.57 bits per heavy atom. The molecule has 1 rings (SSSR count). The van der Waals surface area contributed by atoms with E-state index in [0.717, 1.165) is 50.9 Å². The van der Waals surface area contributed by atoms with Crippen LogP contribution < -0.4 is 0 Å². The van der Waals surface area contributed by atoms with Crippen molar-refractivity contribution in [1.82, 2.24) is 0 Å². The predicted octanol–water partition coefficient (Wildman–Crippen LogP) is 5.33. The van der Waals surface area contributed by atoms with Crippen LogP contribution in [-0.2, 0) is 4.79 Å². The van der Waals surface area contributed by atoms with E-state index in [1.807, 2.05) is 0 Å². The maximum Gasteiger partial charge on any atom is 0.303 e. The van der Waals surface area contributed by atoms with Gasteiger partial charge >= 0.3 is 5.97 Å². The number of aliphatic hydroxyl groups excluding tert-OH is 1. The molecule has 1 fully saturated rings. The topological polar surface area (TPSA) is 57.5 Å².